The maximum absolute atomic E-state index is 13.4. The molecule has 0 saturated heterocycles. The zero-order valence-corrected chi connectivity index (χ0v) is 13.4. The van der Waals surface area contributed by atoms with Gasteiger partial charge in [0.2, 0.25) is 10.0 Å². The SMILES string of the molecule is CC1CCC(N(C)S(=O)(=O)c2cc(F)ccc2CN)CC1. The maximum atomic E-state index is 13.4. The number of nitrogens with two attached hydrogens (primary N) is 1. The molecule has 4 nitrogen and oxygen atoms in total. The maximum Gasteiger partial charge on any atom is 0.243 e. The first-order valence-corrected chi connectivity index (χ1v) is 8.76. The third-order valence-corrected chi connectivity index (χ3v) is 6.40. The molecule has 0 atom stereocenters. The summed E-state index contributed by atoms with van der Waals surface area (Å²) in [5.41, 5.74) is 6.04. The first kappa shape index (κ1) is 16.4. The van der Waals surface area contributed by atoms with E-state index in [9.17, 15) is 12.8 Å². The molecule has 0 unspecified atom stereocenters. The van der Waals surface area contributed by atoms with Crippen LogP contribution in [-0.2, 0) is 16.6 Å². The van der Waals surface area contributed by atoms with E-state index in [1.165, 1.54) is 16.4 Å². The van der Waals surface area contributed by atoms with Crippen LogP contribution in [0.1, 0.15) is 38.2 Å². The summed E-state index contributed by atoms with van der Waals surface area (Å²) >= 11 is 0. The second-order valence-electron chi connectivity index (χ2n) is 5.89. The van der Waals surface area contributed by atoms with Gasteiger partial charge in [-0.1, -0.05) is 13.0 Å². The van der Waals surface area contributed by atoms with Gasteiger partial charge in [0, 0.05) is 19.6 Å². The molecule has 1 saturated carbocycles. The average Bonchev–Trinajstić information content (AvgIpc) is 2.47. The highest BCUT2D eigenvalue weighted by atomic mass is 32.2. The zero-order chi connectivity index (χ0) is 15.6. The van der Waals surface area contributed by atoms with Crippen molar-refractivity contribution in [2.75, 3.05) is 7.05 Å². The van der Waals surface area contributed by atoms with Gasteiger partial charge < -0.3 is 5.73 Å². The molecule has 1 aliphatic carbocycles. The van der Waals surface area contributed by atoms with Crippen molar-refractivity contribution in [2.24, 2.45) is 11.7 Å². The number of hydrogen-bond donors (Lipinski definition) is 1. The summed E-state index contributed by atoms with van der Waals surface area (Å²) in [6.45, 7) is 2.26. The zero-order valence-electron chi connectivity index (χ0n) is 12.5. The Kier molecular flexibility index (Phi) is 5.01. The fraction of sp³-hybridized carbons (Fsp3) is 0.600. The van der Waals surface area contributed by atoms with Gasteiger partial charge >= 0.3 is 0 Å². The first-order valence-electron chi connectivity index (χ1n) is 7.32. The molecule has 1 aliphatic rings. The van der Waals surface area contributed by atoms with Crippen LogP contribution in [0.2, 0.25) is 0 Å². The fourth-order valence-electron chi connectivity index (χ4n) is 2.89. The Labute approximate surface area is 126 Å². The van der Waals surface area contributed by atoms with Crippen LogP contribution < -0.4 is 5.73 Å². The van der Waals surface area contributed by atoms with E-state index in [0.717, 1.165) is 31.7 Å². The molecular weight excluding hydrogens is 291 g/mol. The highest BCUT2D eigenvalue weighted by molar-refractivity contribution is 7.89. The van der Waals surface area contributed by atoms with Gasteiger partial charge in [0.1, 0.15) is 5.82 Å². The van der Waals surface area contributed by atoms with Crippen LogP contribution in [0.4, 0.5) is 4.39 Å². The molecule has 0 amide bonds. The van der Waals surface area contributed by atoms with Gasteiger partial charge in [0.05, 0.1) is 4.90 Å². The van der Waals surface area contributed by atoms with E-state index in [1.54, 1.807) is 7.05 Å². The second-order valence-corrected chi connectivity index (χ2v) is 7.86. The minimum atomic E-state index is -3.71. The third-order valence-electron chi connectivity index (χ3n) is 4.41. The van der Waals surface area contributed by atoms with Crippen LogP contribution in [0.5, 0.6) is 0 Å². The van der Waals surface area contributed by atoms with Crippen LogP contribution in [0.15, 0.2) is 23.1 Å². The normalized spacial score (nSPS) is 23.5. The average molecular weight is 314 g/mol. The molecular formula is C15H23FN2O2S. The van der Waals surface area contributed by atoms with Crippen molar-refractivity contribution in [3.63, 3.8) is 0 Å². The predicted molar refractivity (Wildman–Crippen MR) is 80.7 cm³/mol. The molecule has 6 heteroatoms. The largest absolute Gasteiger partial charge is 0.326 e. The number of sulfonamides is 1. The van der Waals surface area contributed by atoms with Crippen molar-refractivity contribution >= 4 is 10.0 Å². The van der Waals surface area contributed by atoms with Gasteiger partial charge in [-0.25, -0.2) is 12.8 Å². The Morgan fingerprint density at radius 1 is 1.29 bits per heavy atom. The summed E-state index contributed by atoms with van der Waals surface area (Å²) in [6, 6.07) is 3.74. The quantitative estimate of drug-likeness (QED) is 0.928. The Balaban J connectivity index is 2.31. The Morgan fingerprint density at radius 3 is 2.48 bits per heavy atom. The summed E-state index contributed by atoms with van der Waals surface area (Å²) in [5.74, 6) is 0.0857. The molecule has 0 aromatic heterocycles. The Hall–Kier alpha value is -0.980. The van der Waals surface area contributed by atoms with E-state index < -0.39 is 15.8 Å². The van der Waals surface area contributed by atoms with Crippen molar-refractivity contribution in [1.29, 1.82) is 0 Å². The van der Waals surface area contributed by atoms with Crippen molar-refractivity contribution in [2.45, 2.75) is 50.1 Å². The predicted octanol–water partition coefficient (Wildman–Crippen LogP) is 2.48. The van der Waals surface area contributed by atoms with Gasteiger partial charge in [0.15, 0.2) is 0 Å². The van der Waals surface area contributed by atoms with Crippen molar-refractivity contribution < 1.29 is 12.8 Å². The van der Waals surface area contributed by atoms with E-state index in [1.807, 2.05) is 0 Å². The molecule has 1 fully saturated rings. The van der Waals surface area contributed by atoms with E-state index in [0.29, 0.717) is 11.5 Å². The minimum Gasteiger partial charge on any atom is -0.326 e. The lowest BCUT2D eigenvalue weighted by atomic mass is 9.87. The molecule has 2 rings (SSSR count). The summed E-state index contributed by atoms with van der Waals surface area (Å²) in [5, 5.41) is 0. The molecule has 118 valence electrons. The number of halogens is 1. The third kappa shape index (κ3) is 3.44. The standard InChI is InChI=1S/C15H23FN2O2S/c1-11-3-7-14(8-4-11)18(2)21(19,20)15-9-13(16)6-5-12(15)10-17/h5-6,9,11,14H,3-4,7-8,10,17H2,1-2H3. The van der Waals surface area contributed by atoms with E-state index in [4.69, 9.17) is 5.73 Å². The van der Waals surface area contributed by atoms with Crippen LogP contribution >= 0.6 is 0 Å². The molecule has 0 radical (unpaired) electrons. The first-order chi connectivity index (χ1) is 9.86. The van der Waals surface area contributed by atoms with E-state index in [-0.39, 0.29) is 17.5 Å². The lowest BCUT2D eigenvalue weighted by Gasteiger charge is -2.33. The number of rotatable bonds is 4. The second kappa shape index (κ2) is 6.42. The van der Waals surface area contributed by atoms with E-state index >= 15 is 0 Å². The van der Waals surface area contributed by atoms with Gasteiger partial charge in [-0.2, -0.15) is 4.31 Å². The minimum absolute atomic E-state index is 0.00822. The van der Waals surface area contributed by atoms with Gasteiger partial charge in [-0.15, -0.1) is 0 Å². The fourth-order valence-corrected chi connectivity index (χ4v) is 4.55. The lowest BCUT2D eigenvalue weighted by Crippen LogP contribution is -2.39. The smallest absolute Gasteiger partial charge is 0.243 e. The highest BCUT2D eigenvalue weighted by Crippen LogP contribution is 2.30. The van der Waals surface area contributed by atoms with Crippen molar-refractivity contribution in [3.05, 3.63) is 29.6 Å². The van der Waals surface area contributed by atoms with Gasteiger partial charge in [-0.3, -0.25) is 0 Å². The van der Waals surface area contributed by atoms with Crippen LogP contribution in [0, 0.1) is 11.7 Å². The molecule has 0 aliphatic heterocycles. The molecule has 1 aromatic rings. The van der Waals surface area contributed by atoms with Crippen LogP contribution in [0.25, 0.3) is 0 Å². The molecule has 21 heavy (non-hydrogen) atoms. The van der Waals surface area contributed by atoms with E-state index in [2.05, 4.69) is 6.92 Å². The molecule has 0 bridgehead atoms. The van der Waals surface area contributed by atoms with Gasteiger partial charge in [-0.05, 0) is 49.3 Å². The summed E-state index contributed by atoms with van der Waals surface area (Å²) < 4.78 is 40.3. The summed E-state index contributed by atoms with van der Waals surface area (Å²) in [7, 11) is -2.12. The summed E-state index contributed by atoms with van der Waals surface area (Å²) in [6.07, 6.45) is 3.75. The number of hydrogen-bond acceptors (Lipinski definition) is 3. The molecule has 0 spiro atoms. The Morgan fingerprint density at radius 2 is 1.90 bits per heavy atom. The van der Waals surface area contributed by atoms with Crippen molar-refractivity contribution in [3.8, 4) is 0 Å². The van der Waals surface area contributed by atoms with Crippen LogP contribution in [0.3, 0.4) is 0 Å². The Bertz CT molecular complexity index is 596. The number of benzene rings is 1. The molecule has 1 aromatic carbocycles. The van der Waals surface area contributed by atoms with Gasteiger partial charge in [0.25, 0.3) is 0 Å². The molecule has 2 N–H and O–H groups in total. The summed E-state index contributed by atoms with van der Waals surface area (Å²) in [4.78, 5) is -0.00822. The molecule has 0 heterocycles. The highest BCUT2D eigenvalue weighted by Gasteiger charge is 2.31. The monoisotopic (exact) mass is 314 g/mol. The van der Waals surface area contributed by atoms with Crippen LogP contribution in [-0.4, -0.2) is 25.8 Å². The van der Waals surface area contributed by atoms with Crippen molar-refractivity contribution in [1.82, 2.24) is 4.31 Å². The topological polar surface area (TPSA) is 63.4 Å². The number of nitrogens with zero attached hydrogens (tertiary/aromatic N) is 1. The lowest BCUT2D eigenvalue weighted by molar-refractivity contribution is 0.246.